The van der Waals surface area contributed by atoms with E-state index in [1.54, 1.807) is 6.92 Å². The molecule has 0 amide bonds. The zero-order valence-corrected chi connectivity index (χ0v) is 11.7. The largest absolute Gasteiger partial charge is 0.401 e. The highest BCUT2D eigenvalue weighted by molar-refractivity contribution is 5.14. The van der Waals surface area contributed by atoms with Gasteiger partial charge in [0, 0.05) is 12.1 Å². The van der Waals surface area contributed by atoms with Crippen molar-refractivity contribution in [3.8, 4) is 6.07 Å². The molecule has 0 aromatic heterocycles. The van der Waals surface area contributed by atoms with Gasteiger partial charge in [0.2, 0.25) is 0 Å². The number of rotatable bonds is 5. The van der Waals surface area contributed by atoms with Gasteiger partial charge in [0.05, 0.1) is 12.6 Å². The van der Waals surface area contributed by atoms with Gasteiger partial charge >= 0.3 is 6.18 Å². The monoisotopic (exact) mass is 277 g/mol. The van der Waals surface area contributed by atoms with Crippen LogP contribution in [0.3, 0.4) is 0 Å². The molecule has 110 valence electrons. The van der Waals surface area contributed by atoms with Crippen LogP contribution in [0.25, 0.3) is 0 Å². The number of halogens is 3. The molecule has 3 nitrogen and oxygen atoms in total. The van der Waals surface area contributed by atoms with Crippen LogP contribution in [-0.4, -0.2) is 41.8 Å². The lowest BCUT2D eigenvalue weighted by Gasteiger charge is -2.30. The van der Waals surface area contributed by atoms with Crippen molar-refractivity contribution >= 4 is 0 Å². The summed E-state index contributed by atoms with van der Waals surface area (Å²) in [7, 11) is 0. The smallest absolute Gasteiger partial charge is 0.297 e. The average Bonchev–Trinajstić information content (AvgIpc) is 2.68. The van der Waals surface area contributed by atoms with Crippen molar-refractivity contribution in [3.63, 3.8) is 0 Å². The lowest BCUT2D eigenvalue weighted by atomic mass is 9.98. The summed E-state index contributed by atoms with van der Waals surface area (Å²) in [6.07, 6.45) is -2.47. The molecule has 0 bridgehead atoms. The fourth-order valence-corrected chi connectivity index (χ4v) is 2.88. The van der Waals surface area contributed by atoms with Crippen molar-refractivity contribution in [2.24, 2.45) is 0 Å². The Hall–Kier alpha value is -0.800. The van der Waals surface area contributed by atoms with E-state index in [1.165, 1.54) is 4.90 Å². The van der Waals surface area contributed by atoms with Crippen LogP contribution in [0.2, 0.25) is 0 Å². The molecular weight excluding hydrogens is 255 g/mol. The molecule has 2 atom stereocenters. The van der Waals surface area contributed by atoms with E-state index in [0.29, 0.717) is 25.8 Å². The van der Waals surface area contributed by atoms with Gasteiger partial charge in [-0.1, -0.05) is 6.92 Å². The predicted octanol–water partition coefficient (Wildman–Crippen LogP) is 2.68. The van der Waals surface area contributed by atoms with Gasteiger partial charge in [-0.15, -0.1) is 0 Å². The average molecular weight is 277 g/mol. The summed E-state index contributed by atoms with van der Waals surface area (Å²) >= 11 is 0. The fourth-order valence-electron chi connectivity index (χ4n) is 2.88. The molecule has 0 aliphatic heterocycles. The maximum atomic E-state index is 12.5. The predicted molar refractivity (Wildman–Crippen MR) is 67.6 cm³/mol. The summed E-state index contributed by atoms with van der Waals surface area (Å²) in [6, 6.07) is 2.24. The summed E-state index contributed by atoms with van der Waals surface area (Å²) in [4.78, 5) is 1.43. The number of alkyl halides is 3. The maximum Gasteiger partial charge on any atom is 0.401 e. The minimum absolute atomic E-state index is 0.149. The number of hydrogen-bond acceptors (Lipinski definition) is 3. The first-order valence-corrected chi connectivity index (χ1v) is 6.71. The van der Waals surface area contributed by atoms with Crippen LogP contribution in [0.15, 0.2) is 0 Å². The van der Waals surface area contributed by atoms with E-state index in [0.717, 1.165) is 0 Å². The molecule has 1 aliphatic carbocycles. The molecule has 1 aliphatic rings. The quantitative estimate of drug-likeness (QED) is 0.839. The third kappa shape index (κ3) is 4.66. The number of nitriles is 1. The van der Waals surface area contributed by atoms with E-state index < -0.39 is 18.3 Å². The lowest BCUT2D eigenvalue weighted by molar-refractivity contribution is -0.150. The van der Waals surface area contributed by atoms with Crippen LogP contribution in [0, 0.1) is 11.3 Å². The Morgan fingerprint density at radius 3 is 2.53 bits per heavy atom. The van der Waals surface area contributed by atoms with Crippen LogP contribution in [-0.2, 0) is 0 Å². The van der Waals surface area contributed by atoms with Gasteiger partial charge < -0.3 is 0 Å². The second-order valence-electron chi connectivity index (χ2n) is 5.57. The fraction of sp³-hybridized carbons (Fsp3) is 0.923. The Morgan fingerprint density at radius 2 is 2.11 bits per heavy atom. The molecule has 1 N–H and O–H groups in total. The summed E-state index contributed by atoms with van der Waals surface area (Å²) in [6.45, 7) is 5.08. The lowest BCUT2D eigenvalue weighted by Crippen LogP contribution is -2.48. The first-order valence-electron chi connectivity index (χ1n) is 6.71. The Balaban J connectivity index is 2.70. The van der Waals surface area contributed by atoms with Crippen molar-refractivity contribution in [2.75, 3.05) is 13.1 Å². The normalized spacial score (nSPS) is 28.1. The zero-order chi connectivity index (χ0) is 14.7. The Bertz CT molecular complexity index is 335. The molecule has 0 heterocycles. The van der Waals surface area contributed by atoms with E-state index in [2.05, 4.69) is 11.4 Å². The van der Waals surface area contributed by atoms with E-state index in [9.17, 15) is 18.4 Å². The van der Waals surface area contributed by atoms with E-state index in [-0.39, 0.29) is 12.1 Å². The first-order chi connectivity index (χ1) is 8.71. The summed E-state index contributed by atoms with van der Waals surface area (Å²) in [5.74, 6) is 0. The minimum Gasteiger partial charge on any atom is -0.297 e. The van der Waals surface area contributed by atoms with Crippen molar-refractivity contribution in [3.05, 3.63) is 0 Å². The highest BCUT2D eigenvalue weighted by atomic mass is 19.4. The number of hydrogen-bond donors (Lipinski definition) is 1. The minimum atomic E-state index is -4.18. The van der Waals surface area contributed by atoms with Crippen molar-refractivity contribution in [1.82, 2.24) is 10.2 Å². The molecule has 2 unspecified atom stereocenters. The van der Waals surface area contributed by atoms with Gasteiger partial charge in [-0.3, -0.25) is 10.2 Å². The van der Waals surface area contributed by atoms with Gasteiger partial charge in [-0.25, -0.2) is 0 Å². The maximum absolute atomic E-state index is 12.5. The molecular formula is C13H22F3N3. The standard InChI is InChI=1S/C13H22F3N3/c1-4-19(9-13(14,15)16)11-5-6-12(7-11,8-17)18-10(2)3/h10-11,18H,4-7,9H2,1-3H3. The van der Waals surface area contributed by atoms with Crippen LogP contribution < -0.4 is 5.32 Å². The zero-order valence-electron chi connectivity index (χ0n) is 11.7. The summed E-state index contributed by atoms with van der Waals surface area (Å²) in [5.41, 5.74) is -0.669. The van der Waals surface area contributed by atoms with Gasteiger partial charge in [-0.05, 0) is 39.7 Å². The van der Waals surface area contributed by atoms with Crippen molar-refractivity contribution in [2.45, 2.75) is 63.8 Å². The molecule has 0 saturated heterocycles. The Labute approximate surface area is 112 Å². The molecule has 1 rings (SSSR count). The third-order valence-electron chi connectivity index (χ3n) is 3.57. The number of nitrogens with zero attached hydrogens (tertiary/aromatic N) is 2. The van der Waals surface area contributed by atoms with Gasteiger partial charge in [-0.2, -0.15) is 18.4 Å². The second kappa shape index (κ2) is 6.10. The van der Waals surface area contributed by atoms with Crippen molar-refractivity contribution in [1.29, 1.82) is 5.26 Å². The Kier molecular flexibility index (Phi) is 5.22. The van der Waals surface area contributed by atoms with Crippen LogP contribution >= 0.6 is 0 Å². The molecule has 19 heavy (non-hydrogen) atoms. The van der Waals surface area contributed by atoms with Crippen LogP contribution in [0.1, 0.15) is 40.0 Å². The topological polar surface area (TPSA) is 39.1 Å². The summed E-state index contributed by atoms with van der Waals surface area (Å²) in [5, 5.41) is 12.5. The molecule has 6 heteroatoms. The van der Waals surface area contributed by atoms with Crippen LogP contribution in [0.4, 0.5) is 13.2 Å². The van der Waals surface area contributed by atoms with E-state index in [4.69, 9.17) is 0 Å². The van der Waals surface area contributed by atoms with E-state index >= 15 is 0 Å². The molecule has 0 aromatic carbocycles. The highest BCUT2D eigenvalue weighted by Crippen LogP contribution is 2.34. The first kappa shape index (κ1) is 16.3. The van der Waals surface area contributed by atoms with Gasteiger partial charge in [0.1, 0.15) is 5.54 Å². The molecule has 0 spiro atoms. The second-order valence-corrected chi connectivity index (χ2v) is 5.57. The molecule has 1 saturated carbocycles. The molecule has 1 fully saturated rings. The summed E-state index contributed by atoms with van der Waals surface area (Å²) < 4.78 is 37.5. The number of nitrogens with one attached hydrogen (secondary N) is 1. The van der Waals surface area contributed by atoms with Crippen LogP contribution in [0.5, 0.6) is 0 Å². The SMILES string of the molecule is CCN(CC(F)(F)F)C1CCC(C#N)(NC(C)C)C1. The van der Waals surface area contributed by atoms with Gasteiger partial charge in [0.15, 0.2) is 0 Å². The van der Waals surface area contributed by atoms with Crippen molar-refractivity contribution < 1.29 is 13.2 Å². The highest BCUT2D eigenvalue weighted by Gasteiger charge is 2.43. The Morgan fingerprint density at radius 1 is 1.47 bits per heavy atom. The molecule has 0 aromatic rings. The van der Waals surface area contributed by atoms with E-state index in [1.807, 2.05) is 13.8 Å². The van der Waals surface area contributed by atoms with Gasteiger partial charge in [0.25, 0.3) is 0 Å². The molecule has 0 radical (unpaired) electrons. The third-order valence-corrected chi connectivity index (χ3v) is 3.57.